The molecular formula is C16H13N3S. The van der Waals surface area contributed by atoms with E-state index in [1.165, 1.54) is 27.9 Å². The average molecular weight is 279 g/mol. The number of aromatic nitrogens is 1. The smallest absolute Gasteiger partial charge is 0.127 e. The molecule has 0 atom stereocenters. The Hall–Kier alpha value is -2.38. The molecule has 0 fully saturated rings. The van der Waals surface area contributed by atoms with Gasteiger partial charge in [-0.2, -0.15) is 9.64 Å². The molecule has 98 valence electrons. The fourth-order valence-corrected chi connectivity index (χ4v) is 2.99. The third-order valence-electron chi connectivity index (χ3n) is 3.29. The van der Waals surface area contributed by atoms with Crippen molar-refractivity contribution in [2.24, 2.45) is 0 Å². The third-order valence-corrected chi connectivity index (χ3v) is 4.19. The van der Waals surface area contributed by atoms with Crippen molar-refractivity contribution in [3.05, 3.63) is 59.3 Å². The average Bonchev–Trinajstić information content (AvgIpc) is 2.85. The lowest BCUT2D eigenvalue weighted by Gasteiger charge is -2.08. The normalized spacial score (nSPS) is 10.4. The van der Waals surface area contributed by atoms with Crippen molar-refractivity contribution in [3.8, 4) is 6.07 Å². The van der Waals surface area contributed by atoms with Crippen molar-refractivity contribution in [1.82, 2.24) is 4.37 Å². The van der Waals surface area contributed by atoms with Gasteiger partial charge >= 0.3 is 0 Å². The first-order valence-electron chi connectivity index (χ1n) is 6.36. The monoisotopic (exact) mass is 279 g/mol. The predicted molar refractivity (Wildman–Crippen MR) is 82.8 cm³/mol. The minimum absolute atomic E-state index is 0.648. The van der Waals surface area contributed by atoms with Crippen molar-refractivity contribution >= 4 is 27.3 Å². The van der Waals surface area contributed by atoms with Crippen LogP contribution >= 0.6 is 11.5 Å². The van der Waals surface area contributed by atoms with E-state index in [1.54, 1.807) is 0 Å². The van der Waals surface area contributed by atoms with Gasteiger partial charge in [-0.25, -0.2) is 0 Å². The van der Waals surface area contributed by atoms with Crippen LogP contribution in [-0.4, -0.2) is 4.37 Å². The van der Waals surface area contributed by atoms with E-state index in [0.717, 1.165) is 10.7 Å². The largest absolute Gasteiger partial charge is 0.370 e. The van der Waals surface area contributed by atoms with Crippen molar-refractivity contribution in [1.29, 1.82) is 5.26 Å². The molecular weight excluding hydrogens is 266 g/mol. The predicted octanol–water partition coefficient (Wildman–Crippen LogP) is 4.09. The molecule has 0 aliphatic carbocycles. The lowest BCUT2D eigenvalue weighted by molar-refractivity contribution is 1.17. The van der Waals surface area contributed by atoms with Gasteiger partial charge in [-0.05, 0) is 34.8 Å². The van der Waals surface area contributed by atoms with Crippen LogP contribution in [0.4, 0.5) is 5.00 Å². The summed E-state index contributed by atoms with van der Waals surface area (Å²) in [6.07, 6.45) is 0. The van der Waals surface area contributed by atoms with Crippen LogP contribution in [0.15, 0.2) is 42.5 Å². The summed E-state index contributed by atoms with van der Waals surface area (Å²) in [6.45, 7) is 2.55. The SMILES string of the molecule is Cc1nsc(NCc2cccc3ccccc23)c1C#N. The van der Waals surface area contributed by atoms with Crippen molar-refractivity contribution in [3.63, 3.8) is 0 Å². The molecule has 0 saturated carbocycles. The van der Waals surface area contributed by atoms with Crippen LogP contribution < -0.4 is 5.32 Å². The Morgan fingerprint density at radius 2 is 2.00 bits per heavy atom. The minimum atomic E-state index is 0.648. The molecule has 3 rings (SSSR count). The van der Waals surface area contributed by atoms with E-state index in [2.05, 4.69) is 46.1 Å². The van der Waals surface area contributed by atoms with Gasteiger partial charge in [0.05, 0.1) is 5.69 Å². The van der Waals surface area contributed by atoms with Gasteiger partial charge in [0.2, 0.25) is 0 Å². The van der Waals surface area contributed by atoms with Crippen LogP contribution in [0.25, 0.3) is 10.8 Å². The Balaban J connectivity index is 1.89. The van der Waals surface area contributed by atoms with E-state index in [1.807, 2.05) is 19.1 Å². The minimum Gasteiger partial charge on any atom is -0.370 e. The molecule has 20 heavy (non-hydrogen) atoms. The molecule has 1 aromatic heterocycles. The van der Waals surface area contributed by atoms with E-state index < -0.39 is 0 Å². The molecule has 0 aliphatic rings. The maximum Gasteiger partial charge on any atom is 0.127 e. The van der Waals surface area contributed by atoms with Gasteiger partial charge < -0.3 is 5.32 Å². The number of nitrogens with one attached hydrogen (secondary N) is 1. The Morgan fingerprint density at radius 3 is 2.85 bits per heavy atom. The van der Waals surface area contributed by atoms with Crippen molar-refractivity contribution in [2.45, 2.75) is 13.5 Å². The molecule has 1 heterocycles. The highest BCUT2D eigenvalue weighted by Crippen LogP contribution is 2.25. The number of aryl methyl sites for hydroxylation is 1. The molecule has 3 aromatic rings. The third kappa shape index (κ3) is 2.24. The molecule has 4 heteroatoms. The molecule has 0 radical (unpaired) electrons. The topological polar surface area (TPSA) is 48.7 Å². The van der Waals surface area contributed by atoms with Crippen LogP contribution in [-0.2, 0) is 6.54 Å². The quantitative estimate of drug-likeness (QED) is 0.785. The highest BCUT2D eigenvalue weighted by atomic mass is 32.1. The van der Waals surface area contributed by atoms with E-state index >= 15 is 0 Å². The summed E-state index contributed by atoms with van der Waals surface area (Å²) in [5.41, 5.74) is 2.66. The summed E-state index contributed by atoms with van der Waals surface area (Å²) < 4.78 is 4.22. The number of fused-ring (bicyclic) bond motifs is 1. The van der Waals surface area contributed by atoms with E-state index in [4.69, 9.17) is 5.26 Å². The molecule has 0 bridgehead atoms. The zero-order valence-corrected chi connectivity index (χ0v) is 11.9. The molecule has 0 spiro atoms. The van der Waals surface area contributed by atoms with E-state index in [0.29, 0.717) is 12.1 Å². The fourth-order valence-electron chi connectivity index (χ4n) is 2.24. The zero-order valence-electron chi connectivity index (χ0n) is 11.1. The van der Waals surface area contributed by atoms with Gasteiger partial charge in [-0.3, -0.25) is 0 Å². The molecule has 0 amide bonds. The van der Waals surface area contributed by atoms with E-state index in [9.17, 15) is 0 Å². The maximum absolute atomic E-state index is 9.13. The molecule has 1 N–H and O–H groups in total. The zero-order chi connectivity index (χ0) is 13.9. The Bertz CT molecular complexity index is 794. The molecule has 0 saturated heterocycles. The van der Waals surface area contributed by atoms with Gasteiger partial charge in [-0.15, -0.1) is 0 Å². The lowest BCUT2D eigenvalue weighted by atomic mass is 10.0. The number of nitriles is 1. The second-order valence-electron chi connectivity index (χ2n) is 4.58. The van der Waals surface area contributed by atoms with Crippen molar-refractivity contribution in [2.75, 3.05) is 5.32 Å². The standard InChI is InChI=1S/C16H13N3S/c1-11-15(9-17)16(20-19-11)18-10-13-7-4-6-12-5-2-3-8-14(12)13/h2-8,18H,10H2,1H3. The summed E-state index contributed by atoms with van der Waals surface area (Å²) in [6, 6.07) is 16.8. The summed E-state index contributed by atoms with van der Waals surface area (Å²) >= 11 is 1.34. The van der Waals surface area contributed by atoms with Crippen LogP contribution in [0.2, 0.25) is 0 Å². The first-order valence-corrected chi connectivity index (χ1v) is 7.14. The van der Waals surface area contributed by atoms with Crippen LogP contribution in [0.1, 0.15) is 16.8 Å². The van der Waals surface area contributed by atoms with Crippen LogP contribution in [0.3, 0.4) is 0 Å². The maximum atomic E-state index is 9.13. The van der Waals surface area contributed by atoms with Crippen LogP contribution in [0.5, 0.6) is 0 Å². The molecule has 2 aromatic carbocycles. The number of rotatable bonds is 3. The second kappa shape index (κ2) is 5.32. The lowest BCUT2D eigenvalue weighted by Crippen LogP contribution is -2.00. The highest BCUT2D eigenvalue weighted by Gasteiger charge is 2.09. The molecule has 3 nitrogen and oxygen atoms in total. The number of anilines is 1. The highest BCUT2D eigenvalue weighted by molar-refractivity contribution is 7.10. The Labute approximate surface area is 121 Å². The van der Waals surface area contributed by atoms with Gasteiger partial charge in [0.25, 0.3) is 0 Å². The first-order chi connectivity index (χ1) is 9.79. The van der Waals surface area contributed by atoms with E-state index in [-0.39, 0.29) is 0 Å². The van der Waals surface area contributed by atoms with Gasteiger partial charge in [-0.1, -0.05) is 42.5 Å². The van der Waals surface area contributed by atoms with Gasteiger partial charge in [0.1, 0.15) is 16.6 Å². The Morgan fingerprint density at radius 1 is 1.20 bits per heavy atom. The second-order valence-corrected chi connectivity index (χ2v) is 5.35. The Kier molecular flexibility index (Phi) is 3.36. The summed E-state index contributed by atoms with van der Waals surface area (Å²) in [4.78, 5) is 0. The van der Waals surface area contributed by atoms with Gasteiger partial charge in [0, 0.05) is 6.54 Å². The molecule has 0 unspecified atom stereocenters. The summed E-state index contributed by atoms with van der Waals surface area (Å²) in [5, 5.41) is 15.8. The number of hydrogen-bond acceptors (Lipinski definition) is 4. The summed E-state index contributed by atoms with van der Waals surface area (Å²) in [5.74, 6) is 0. The number of nitrogens with zero attached hydrogens (tertiary/aromatic N) is 2. The van der Waals surface area contributed by atoms with Crippen LogP contribution in [0, 0.1) is 18.3 Å². The van der Waals surface area contributed by atoms with Gasteiger partial charge in [0.15, 0.2) is 0 Å². The molecule has 0 aliphatic heterocycles. The van der Waals surface area contributed by atoms with Crippen molar-refractivity contribution < 1.29 is 0 Å². The summed E-state index contributed by atoms with van der Waals surface area (Å²) in [7, 11) is 0. The first kappa shape index (κ1) is 12.6. The number of hydrogen-bond donors (Lipinski definition) is 1. The number of benzene rings is 2. The fraction of sp³-hybridized carbons (Fsp3) is 0.125.